The molecule has 19 heavy (non-hydrogen) atoms. The molecule has 0 bridgehead atoms. The van der Waals surface area contributed by atoms with E-state index >= 15 is 0 Å². The van der Waals surface area contributed by atoms with Crippen LogP contribution in [0.4, 0.5) is 11.4 Å². The lowest BCUT2D eigenvalue weighted by atomic mass is 10.1. The van der Waals surface area contributed by atoms with Gasteiger partial charge in [-0.25, -0.2) is 4.63 Å². The standard InChI is InChI=1S/C11H14N4O4/c1-6(5-7(2)16)12-8-3-4-9(15(17)18)11-10(8)13-19-14-11/h3-4,6-7,12,16H,5H2,1-2H3. The largest absolute Gasteiger partial charge is 0.393 e. The molecule has 0 saturated heterocycles. The predicted octanol–water partition coefficient (Wildman–Crippen LogP) is 1.70. The van der Waals surface area contributed by atoms with Crippen molar-refractivity contribution in [1.29, 1.82) is 0 Å². The topological polar surface area (TPSA) is 114 Å². The number of non-ortho nitro benzene ring substituents is 1. The van der Waals surface area contributed by atoms with Crippen LogP contribution in [-0.2, 0) is 0 Å². The molecule has 102 valence electrons. The van der Waals surface area contributed by atoms with Crippen molar-refractivity contribution in [2.24, 2.45) is 0 Å². The molecule has 2 N–H and O–H groups in total. The Hall–Kier alpha value is -2.22. The fraction of sp³-hybridized carbons (Fsp3) is 0.455. The Labute approximate surface area is 108 Å². The number of hydrogen-bond acceptors (Lipinski definition) is 7. The van der Waals surface area contributed by atoms with Gasteiger partial charge in [-0.2, -0.15) is 0 Å². The summed E-state index contributed by atoms with van der Waals surface area (Å²) in [5.74, 6) is 0. The molecule has 1 heterocycles. The number of aliphatic hydroxyl groups excluding tert-OH is 1. The van der Waals surface area contributed by atoms with Crippen LogP contribution in [0.5, 0.6) is 0 Å². The minimum atomic E-state index is -0.532. The number of nitrogens with one attached hydrogen (secondary N) is 1. The highest BCUT2D eigenvalue weighted by Gasteiger charge is 2.20. The molecule has 0 aliphatic heterocycles. The van der Waals surface area contributed by atoms with Gasteiger partial charge in [-0.1, -0.05) is 0 Å². The van der Waals surface area contributed by atoms with Crippen LogP contribution >= 0.6 is 0 Å². The van der Waals surface area contributed by atoms with Crippen molar-refractivity contribution in [2.75, 3.05) is 5.32 Å². The van der Waals surface area contributed by atoms with E-state index in [1.54, 1.807) is 13.0 Å². The van der Waals surface area contributed by atoms with E-state index in [9.17, 15) is 15.2 Å². The van der Waals surface area contributed by atoms with Gasteiger partial charge in [0.2, 0.25) is 5.52 Å². The molecular weight excluding hydrogens is 252 g/mol. The molecule has 0 amide bonds. The molecule has 2 aromatic rings. The fourth-order valence-electron chi connectivity index (χ4n) is 1.95. The van der Waals surface area contributed by atoms with Gasteiger partial charge in [0.1, 0.15) is 0 Å². The minimum Gasteiger partial charge on any atom is -0.393 e. The Kier molecular flexibility index (Phi) is 3.61. The number of nitrogens with zero attached hydrogens (tertiary/aromatic N) is 3. The summed E-state index contributed by atoms with van der Waals surface area (Å²) in [6.07, 6.45) is 0.107. The van der Waals surface area contributed by atoms with Crippen molar-refractivity contribution in [3.05, 3.63) is 22.2 Å². The van der Waals surface area contributed by atoms with Crippen LogP contribution < -0.4 is 5.32 Å². The number of aliphatic hydroxyl groups is 1. The molecular formula is C11H14N4O4. The van der Waals surface area contributed by atoms with E-state index in [2.05, 4.69) is 20.3 Å². The van der Waals surface area contributed by atoms with Crippen molar-refractivity contribution in [3.63, 3.8) is 0 Å². The van der Waals surface area contributed by atoms with Gasteiger partial charge in [0.25, 0.3) is 0 Å². The number of nitro groups is 1. The third-order valence-electron chi connectivity index (χ3n) is 2.69. The summed E-state index contributed by atoms with van der Waals surface area (Å²) in [6.45, 7) is 3.59. The molecule has 1 aromatic heterocycles. The first kappa shape index (κ1) is 13.2. The highest BCUT2D eigenvalue weighted by molar-refractivity contribution is 5.93. The fourth-order valence-corrected chi connectivity index (χ4v) is 1.95. The second-order valence-electron chi connectivity index (χ2n) is 4.48. The van der Waals surface area contributed by atoms with E-state index in [4.69, 9.17) is 0 Å². The smallest absolute Gasteiger partial charge is 0.300 e. The van der Waals surface area contributed by atoms with E-state index in [1.807, 2.05) is 6.92 Å². The van der Waals surface area contributed by atoms with Crippen LogP contribution in [-0.4, -0.2) is 32.5 Å². The van der Waals surface area contributed by atoms with Crippen molar-refractivity contribution in [3.8, 4) is 0 Å². The molecule has 8 nitrogen and oxygen atoms in total. The van der Waals surface area contributed by atoms with Gasteiger partial charge in [-0.3, -0.25) is 10.1 Å². The molecule has 2 rings (SSSR count). The maximum atomic E-state index is 10.8. The summed E-state index contributed by atoms with van der Waals surface area (Å²) in [5, 5.41) is 30.5. The van der Waals surface area contributed by atoms with E-state index in [0.29, 0.717) is 17.6 Å². The Morgan fingerprint density at radius 1 is 1.42 bits per heavy atom. The number of hydrogen-bond donors (Lipinski definition) is 2. The van der Waals surface area contributed by atoms with Crippen LogP contribution in [0.3, 0.4) is 0 Å². The lowest BCUT2D eigenvalue weighted by Crippen LogP contribution is -2.20. The highest BCUT2D eigenvalue weighted by Crippen LogP contribution is 2.29. The first-order chi connectivity index (χ1) is 8.99. The monoisotopic (exact) mass is 266 g/mol. The van der Waals surface area contributed by atoms with Crippen LogP contribution in [0.1, 0.15) is 20.3 Å². The molecule has 0 aliphatic carbocycles. The van der Waals surface area contributed by atoms with Crippen LogP contribution in [0.15, 0.2) is 16.8 Å². The Morgan fingerprint density at radius 3 is 2.74 bits per heavy atom. The molecule has 0 fully saturated rings. The first-order valence-electron chi connectivity index (χ1n) is 5.83. The number of benzene rings is 1. The number of nitro benzene ring substituents is 1. The summed E-state index contributed by atoms with van der Waals surface area (Å²) in [7, 11) is 0. The molecule has 2 atom stereocenters. The van der Waals surface area contributed by atoms with E-state index in [-0.39, 0.29) is 17.2 Å². The summed E-state index contributed by atoms with van der Waals surface area (Å²) < 4.78 is 4.57. The van der Waals surface area contributed by atoms with Gasteiger partial charge in [0.05, 0.1) is 16.7 Å². The van der Waals surface area contributed by atoms with Gasteiger partial charge in [-0.05, 0) is 36.6 Å². The maximum absolute atomic E-state index is 10.8. The van der Waals surface area contributed by atoms with E-state index in [0.717, 1.165) is 0 Å². The van der Waals surface area contributed by atoms with Gasteiger partial charge < -0.3 is 10.4 Å². The third kappa shape index (κ3) is 2.79. The molecule has 0 aliphatic rings. The lowest BCUT2D eigenvalue weighted by Gasteiger charge is -2.16. The van der Waals surface area contributed by atoms with Crippen LogP contribution in [0, 0.1) is 10.1 Å². The summed E-state index contributed by atoms with van der Waals surface area (Å²) in [6, 6.07) is 2.90. The average molecular weight is 266 g/mol. The van der Waals surface area contributed by atoms with Gasteiger partial charge in [0.15, 0.2) is 5.52 Å². The number of fused-ring (bicyclic) bond motifs is 1. The van der Waals surface area contributed by atoms with Crippen LogP contribution in [0.2, 0.25) is 0 Å². The van der Waals surface area contributed by atoms with Crippen molar-refractivity contribution < 1.29 is 14.7 Å². The molecule has 0 radical (unpaired) electrons. The predicted molar refractivity (Wildman–Crippen MR) is 67.8 cm³/mol. The molecule has 0 saturated carbocycles. The average Bonchev–Trinajstić information content (AvgIpc) is 2.76. The van der Waals surface area contributed by atoms with Crippen molar-refractivity contribution in [2.45, 2.75) is 32.4 Å². The molecule has 8 heteroatoms. The molecule has 0 spiro atoms. The second kappa shape index (κ2) is 5.19. The van der Waals surface area contributed by atoms with Crippen LogP contribution in [0.25, 0.3) is 11.0 Å². The first-order valence-corrected chi connectivity index (χ1v) is 5.83. The highest BCUT2D eigenvalue weighted by atomic mass is 16.6. The lowest BCUT2D eigenvalue weighted by molar-refractivity contribution is -0.383. The molecule has 2 unspecified atom stereocenters. The van der Waals surface area contributed by atoms with Gasteiger partial charge in [0, 0.05) is 12.1 Å². The Balaban J connectivity index is 2.33. The van der Waals surface area contributed by atoms with Crippen molar-refractivity contribution >= 4 is 22.4 Å². The molecule has 1 aromatic carbocycles. The SMILES string of the molecule is CC(O)CC(C)Nc1ccc([N+](=O)[O-])c2nonc12. The zero-order valence-electron chi connectivity index (χ0n) is 10.5. The van der Waals surface area contributed by atoms with Crippen molar-refractivity contribution in [1.82, 2.24) is 10.3 Å². The summed E-state index contributed by atoms with van der Waals surface area (Å²) >= 11 is 0. The van der Waals surface area contributed by atoms with Gasteiger partial charge >= 0.3 is 5.69 Å². The zero-order chi connectivity index (χ0) is 14.0. The van der Waals surface area contributed by atoms with E-state index in [1.165, 1.54) is 6.07 Å². The Bertz CT molecular complexity index is 595. The summed E-state index contributed by atoms with van der Waals surface area (Å²) in [4.78, 5) is 10.3. The maximum Gasteiger partial charge on any atom is 0.300 e. The second-order valence-corrected chi connectivity index (χ2v) is 4.48. The normalized spacial score (nSPS) is 14.3. The van der Waals surface area contributed by atoms with Gasteiger partial charge in [-0.15, -0.1) is 0 Å². The summed E-state index contributed by atoms with van der Waals surface area (Å²) in [5.41, 5.74) is 0.867. The van der Waals surface area contributed by atoms with E-state index < -0.39 is 11.0 Å². The quantitative estimate of drug-likeness (QED) is 0.625. The number of aromatic nitrogens is 2. The minimum absolute atomic E-state index is 0.0126. The third-order valence-corrected chi connectivity index (χ3v) is 2.69. The zero-order valence-corrected chi connectivity index (χ0v) is 10.5. The number of rotatable bonds is 5. The number of anilines is 1. The Morgan fingerprint density at radius 2 is 2.11 bits per heavy atom.